The third kappa shape index (κ3) is 2.16. The molecule has 0 unspecified atom stereocenters. The number of nitrogens with zero attached hydrogens (tertiary/aromatic N) is 4. The van der Waals surface area contributed by atoms with Crippen LogP contribution in [0.15, 0.2) is 36.7 Å². The van der Waals surface area contributed by atoms with Gasteiger partial charge in [0.05, 0.1) is 11.0 Å². The van der Waals surface area contributed by atoms with Crippen molar-refractivity contribution in [1.82, 2.24) is 19.5 Å². The molecule has 2 heterocycles. The molecule has 0 spiro atoms. The van der Waals surface area contributed by atoms with Gasteiger partial charge < -0.3 is 5.73 Å². The topological polar surface area (TPSA) is 69.6 Å². The summed E-state index contributed by atoms with van der Waals surface area (Å²) in [6.07, 6.45) is 3.21. The van der Waals surface area contributed by atoms with Gasteiger partial charge in [-0.3, -0.25) is 4.57 Å². The molecule has 5 nitrogen and oxygen atoms in total. The predicted molar refractivity (Wildman–Crippen MR) is 78.8 cm³/mol. The summed E-state index contributed by atoms with van der Waals surface area (Å²) in [5, 5.41) is 0. The number of para-hydroxylation sites is 2. The Morgan fingerprint density at radius 1 is 1.20 bits per heavy atom. The fourth-order valence-corrected chi connectivity index (χ4v) is 2.33. The molecular weight excluding hydrogens is 250 g/mol. The molecule has 102 valence electrons. The summed E-state index contributed by atoms with van der Waals surface area (Å²) in [5.74, 6) is 1.79. The molecule has 0 atom stereocenters. The maximum absolute atomic E-state index is 5.70. The van der Waals surface area contributed by atoms with Gasteiger partial charge in [-0.25, -0.2) is 15.0 Å². The predicted octanol–water partition coefficient (Wildman–Crippen LogP) is 1.88. The van der Waals surface area contributed by atoms with Crippen LogP contribution < -0.4 is 5.73 Å². The van der Waals surface area contributed by atoms with E-state index in [9.17, 15) is 0 Å². The molecule has 1 aromatic carbocycles. The van der Waals surface area contributed by atoms with Gasteiger partial charge in [0.15, 0.2) is 0 Å². The van der Waals surface area contributed by atoms with Crippen LogP contribution in [0, 0.1) is 0 Å². The van der Waals surface area contributed by atoms with Crippen molar-refractivity contribution < 1.29 is 0 Å². The lowest BCUT2D eigenvalue weighted by Gasteiger charge is -2.08. The molecule has 0 aliphatic heterocycles. The Bertz CT molecular complexity index is 732. The zero-order valence-electron chi connectivity index (χ0n) is 11.5. The van der Waals surface area contributed by atoms with Gasteiger partial charge in [-0.2, -0.15) is 0 Å². The molecule has 3 aromatic rings. The van der Waals surface area contributed by atoms with E-state index in [-0.39, 0.29) is 0 Å². The Labute approximate surface area is 117 Å². The number of hydrogen-bond acceptors (Lipinski definition) is 4. The highest BCUT2D eigenvalue weighted by atomic mass is 15.1. The number of aromatic nitrogens is 4. The van der Waals surface area contributed by atoms with Gasteiger partial charge in [0.1, 0.15) is 18.0 Å². The summed E-state index contributed by atoms with van der Waals surface area (Å²) in [6.45, 7) is 2.65. The van der Waals surface area contributed by atoms with Gasteiger partial charge in [0.2, 0.25) is 0 Å². The van der Waals surface area contributed by atoms with Crippen molar-refractivity contribution in [1.29, 1.82) is 0 Å². The highest BCUT2D eigenvalue weighted by Gasteiger charge is 2.12. The van der Waals surface area contributed by atoms with Crippen LogP contribution in [0.1, 0.15) is 18.4 Å². The van der Waals surface area contributed by atoms with Crippen molar-refractivity contribution in [3.63, 3.8) is 0 Å². The maximum atomic E-state index is 5.70. The van der Waals surface area contributed by atoms with Crippen LogP contribution in [-0.2, 0) is 12.8 Å². The lowest BCUT2D eigenvalue weighted by molar-refractivity contribution is 0.827. The fraction of sp³-hybridized carbons (Fsp3) is 0.267. The average molecular weight is 267 g/mol. The van der Waals surface area contributed by atoms with E-state index in [4.69, 9.17) is 5.73 Å². The lowest BCUT2D eigenvalue weighted by atomic mass is 10.3. The Morgan fingerprint density at radius 3 is 2.85 bits per heavy atom. The SMILES string of the molecule is CCc1cc(-n2c(CCN)nc3ccccc32)ncn1. The monoisotopic (exact) mass is 267 g/mol. The van der Waals surface area contributed by atoms with Crippen molar-refractivity contribution in [3.8, 4) is 5.82 Å². The van der Waals surface area contributed by atoms with Crippen LogP contribution in [-0.4, -0.2) is 26.1 Å². The van der Waals surface area contributed by atoms with Crippen LogP contribution in [0.3, 0.4) is 0 Å². The molecule has 0 fully saturated rings. The molecule has 0 saturated heterocycles. The minimum absolute atomic E-state index is 0.565. The standard InChI is InChI=1S/C15H17N5/c1-2-11-9-15(18-10-17-11)20-13-6-4-3-5-12(13)19-14(20)7-8-16/h3-6,9-10H,2,7-8,16H2,1H3. The summed E-state index contributed by atoms with van der Waals surface area (Å²) in [5.41, 5.74) is 8.74. The number of hydrogen-bond donors (Lipinski definition) is 1. The number of rotatable bonds is 4. The van der Waals surface area contributed by atoms with Gasteiger partial charge in [-0.15, -0.1) is 0 Å². The summed E-state index contributed by atoms with van der Waals surface area (Å²) in [4.78, 5) is 13.3. The molecule has 0 radical (unpaired) electrons. The minimum atomic E-state index is 0.565. The van der Waals surface area contributed by atoms with Crippen molar-refractivity contribution in [2.45, 2.75) is 19.8 Å². The van der Waals surface area contributed by atoms with Gasteiger partial charge in [0, 0.05) is 18.2 Å². The summed E-state index contributed by atoms with van der Waals surface area (Å²) < 4.78 is 2.07. The van der Waals surface area contributed by atoms with Crippen molar-refractivity contribution in [3.05, 3.63) is 48.2 Å². The average Bonchev–Trinajstić information content (AvgIpc) is 2.85. The molecule has 0 aliphatic rings. The first-order chi connectivity index (χ1) is 9.83. The lowest BCUT2D eigenvalue weighted by Crippen LogP contribution is -2.10. The third-order valence-corrected chi connectivity index (χ3v) is 3.30. The first kappa shape index (κ1) is 12.7. The van der Waals surface area contributed by atoms with Gasteiger partial charge >= 0.3 is 0 Å². The molecule has 0 amide bonds. The number of imidazole rings is 1. The summed E-state index contributed by atoms with van der Waals surface area (Å²) in [6, 6.07) is 10.1. The zero-order chi connectivity index (χ0) is 13.9. The Kier molecular flexibility index (Phi) is 3.43. The number of nitrogens with two attached hydrogens (primary N) is 1. The minimum Gasteiger partial charge on any atom is -0.330 e. The molecule has 20 heavy (non-hydrogen) atoms. The van der Waals surface area contributed by atoms with E-state index in [1.807, 2.05) is 24.3 Å². The third-order valence-electron chi connectivity index (χ3n) is 3.30. The van der Waals surface area contributed by atoms with Crippen molar-refractivity contribution in [2.75, 3.05) is 6.54 Å². The summed E-state index contributed by atoms with van der Waals surface area (Å²) >= 11 is 0. The summed E-state index contributed by atoms with van der Waals surface area (Å²) in [7, 11) is 0. The van der Waals surface area contributed by atoms with Crippen molar-refractivity contribution in [2.24, 2.45) is 5.73 Å². The molecular formula is C15H17N5. The second-order valence-electron chi connectivity index (χ2n) is 4.61. The smallest absolute Gasteiger partial charge is 0.142 e. The molecule has 3 rings (SSSR count). The molecule has 0 bridgehead atoms. The van der Waals surface area contributed by atoms with E-state index < -0.39 is 0 Å². The number of benzene rings is 1. The Hall–Kier alpha value is -2.27. The van der Waals surface area contributed by atoms with Crippen LogP contribution in [0.4, 0.5) is 0 Å². The molecule has 2 N–H and O–H groups in total. The highest BCUT2D eigenvalue weighted by molar-refractivity contribution is 5.77. The molecule has 2 aromatic heterocycles. The quantitative estimate of drug-likeness (QED) is 0.783. The van der Waals surface area contributed by atoms with Gasteiger partial charge in [0.25, 0.3) is 0 Å². The van der Waals surface area contributed by atoms with E-state index in [1.54, 1.807) is 6.33 Å². The van der Waals surface area contributed by atoms with E-state index in [1.165, 1.54) is 0 Å². The van der Waals surface area contributed by atoms with E-state index >= 15 is 0 Å². The molecule has 5 heteroatoms. The van der Waals surface area contributed by atoms with Gasteiger partial charge in [-0.1, -0.05) is 19.1 Å². The second-order valence-corrected chi connectivity index (χ2v) is 4.61. The van der Waals surface area contributed by atoms with E-state index in [2.05, 4.69) is 32.5 Å². The number of fused-ring (bicyclic) bond motifs is 1. The van der Waals surface area contributed by atoms with Crippen LogP contribution in [0.5, 0.6) is 0 Å². The molecule has 0 aliphatic carbocycles. The van der Waals surface area contributed by atoms with E-state index in [0.717, 1.165) is 41.2 Å². The maximum Gasteiger partial charge on any atom is 0.142 e. The second kappa shape index (κ2) is 5.38. The number of aryl methyl sites for hydroxylation is 1. The van der Waals surface area contributed by atoms with Crippen molar-refractivity contribution >= 4 is 11.0 Å². The Morgan fingerprint density at radius 2 is 2.05 bits per heavy atom. The van der Waals surface area contributed by atoms with Crippen LogP contribution in [0.2, 0.25) is 0 Å². The molecule has 0 saturated carbocycles. The first-order valence-corrected chi connectivity index (χ1v) is 6.81. The van der Waals surface area contributed by atoms with Gasteiger partial charge in [-0.05, 0) is 25.1 Å². The zero-order valence-corrected chi connectivity index (χ0v) is 11.5. The van der Waals surface area contributed by atoms with Crippen LogP contribution >= 0.6 is 0 Å². The van der Waals surface area contributed by atoms with E-state index in [0.29, 0.717) is 6.54 Å². The normalized spacial score (nSPS) is 11.1. The highest BCUT2D eigenvalue weighted by Crippen LogP contribution is 2.20. The van der Waals surface area contributed by atoms with Crippen LogP contribution in [0.25, 0.3) is 16.9 Å². The first-order valence-electron chi connectivity index (χ1n) is 6.81. The Balaban J connectivity index is 2.24. The largest absolute Gasteiger partial charge is 0.330 e. The fourth-order valence-electron chi connectivity index (χ4n) is 2.33.